The van der Waals surface area contributed by atoms with Crippen molar-refractivity contribution < 1.29 is 18.6 Å². The van der Waals surface area contributed by atoms with Crippen LogP contribution in [-0.2, 0) is 11.8 Å². The van der Waals surface area contributed by atoms with E-state index in [0.29, 0.717) is 18.3 Å². The highest BCUT2D eigenvalue weighted by molar-refractivity contribution is 5.50. The molecule has 1 atom stereocenters. The van der Waals surface area contributed by atoms with Crippen LogP contribution >= 0.6 is 0 Å². The first-order valence-corrected chi connectivity index (χ1v) is 9.21. The fourth-order valence-corrected chi connectivity index (χ4v) is 3.02. The normalized spacial score (nSPS) is 16.2. The third kappa shape index (κ3) is 3.50. The predicted octanol–water partition coefficient (Wildman–Crippen LogP) is 5.50. The Morgan fingerprint density at radius 1 is 1.12 bits per heavy atom. The van der Waals surface area contributed by atoms with Gasteiger partial charge in [-0.1, -0.05) is 39.0 Å². The van der Waals surface area contributed by atoms with Gasteiger partial charge in [-0.25, -0.2) is 4.39 Å². The monoisotopic (exact) mass is 358 g/mol. The van der Waals surface area contributed by atoms with Crippen molar-refractivity contribution >= 4 is 0 Å². The lowest BCUT2D eigenvalue weighted by Gasteiger charge is -2.30. The molecule has 0 bridgehead atoms. The van der Waals surface area contributed by atoms with Crippen molar-refractivity contribution in [3.05, 3.63) is 53.3 Å². The van der Waals surface area contributed by atoms with E-state index in [4.69, 9.17) is 14.2 Å². The first kappa shape index (κ1) is 18.6. The highest BCUT2D eigenvalue weighted by Crippen LogP contribution is 2.45. The van der Waals surface area contributed by atoms with Gasteiger partial charge in [0, 0.05) is 0 Å². The molecule has 1 heterocycles. The van der Waals surface area contributed by atoms with Crippen LogP contribution in [0.2, 0.25) is 0 Å². The van der Waals surface area contributed by atoms with Crippen molar-refractivity contribution in [3.63, 3.8) is 0 Å². The summed E-state index contributed by atoms with van der Waals surface area (Å²) in [6.07, 6.45) is 0.164. The van der Waals surface area contributed by atoms with Crippen LogP contribution in [0.1, 0.15) is 45.7 Å². The summed E-state index contributed by atoms with van der Waals surface area (Å²) in [5.74, 6) is 1.63. The largest absolute Gasteiger partial charge is 0.493 e. The molecule has 140 valence electrons. The summed E-state index contributed by atoms with van der Waals surface area (Å²) in [4.78, 5) is 0. The van der Waals surface area contributed by atoms with Gasteiger partial charge in [-0.2, -0.15) is 0 Å². The molecule has 2 aromatic carbocycles. The van der Waals surface area contributed by atoms with Crippen LogP contribution in [0.3, 0.4) is 0 Å². The topological polar surface area (TPSA) is 27.7 Å². The second-order valence-corrected chi connectivity index (χ2v) is 7.74. The molecule has 0 spiro atoms. The molecule has 3 rings (SSSR count). The quantitative estimate of drug-likeness (QED) is 0.682. The van der Waals surface area contributed by atoms with E-state index >= 15 is 0 Å². The molecule has 0 amide bonds. The summed E-state index contributed by atoms with van der Waals surface area (Å²) in [7, 11) is 0. The average Bonchev–Trinajstić information content (AvgIpc) is 3.08. The second-order valence-electron chi connectivity index (χ2n) is 7.74. The van der Waals surface area contributed by atoms with Gasteiger partial charge in [-0.15, -0.1) is 0 Å². The maximum atomic E-state index is 14.2. The van der Waals surface area contributed by atoms with Gasteiger partial charge in [0.15, 0.2) is 11.6 Å². The summed E-state index contributed by atoms with van der Waals surface area (Å²) in [5.41, 5.74) is 1.50. The van der Waals surface area contributed by atoms with Gasteiger partial charge >= 0.3 is 0 Å². The lowest BCUT2D eigenvalue weighted by Crippen LogP contribution is -2.40. The molecule has 1 aliphatic heterocycles. The van der Waals surface area contributed by atoms with E-state index in [9.17, 15) is 4.39 Å². The lowest BCUT2D eigenvalue weighted by molar-refractivity contribution is -0.0122. The van der Waals surface area contributed by atoms with Gasteiger partial charge in [0.05, 0.1) is 12.0 Å². The number of rotatable bonds is 6. The Labute approximate surface area is 155 Å². The molecular weight excluding hydrogens is 331 g/mol. The summed E-state index contributed by atoms with van der Waals surface area (Å²) in [6.45, 7) is 11.0. The predicted molar refractivity (Wildman–Crippen MR) is 101 cm³/mol. The first-order chi connectivity index (χ1) is 12.3. The van der Waals surface area contributed by atoms with Crippen LogP contribution in [0.25, 0.3) is 0 Å². The maximum absolute atomic E-state index is 14.2. The van der Waals surface area contributed by atoms with E-state index in [-0.39, 0.29) is 11.6 Å². The summed E-state index contributed by atoms with van der Waals surface area (Å²) >= 11 is 0. The second kappa shape index (κ2) is 7.18. The number of hydrogen-bond acceptors (Lipinski definition) is 3. The Bertz CT molecular complexity index is 783. The molecule has 3 nitrogen and oxygen atoms in total. The molecule has 0 N–H and O–H groups in total. The van der Waals surface area contributed by atoms with Crippen LogP contribution in [0.5, 0.6) is 17.2 Å². The number of halogens is 1. The Balaban J connectivity index is 1.85. The van der Waals surface area contributed by atoms with Crippen LogP contribution in [0.15, 0.2) is 36.4 Å². The van der Waals surface area contributed by atoms with Gasteiger partial charge in [0.1, 0.15) is 5.75 Å². The van der Waals surface area contributed by atoms with Crippen molar-refractivity contribution in [1.82, 2.24) is 0 Å². The minimum Gasteiger partial charge on any atom is -0.493 e. The number of aryl methyl sites for hydroxylation is 1. The van der Waals surface area contributed by atoms with E-state index < -0.39 is 11.7 Å². The zero-order valence-electron chi connectivity index (χ0n) is 16.1. The summed E-state index contributed by atoms with van der Waals surface area (Å²) in [5, 5.41) is 0. The molecule has 2 aromatic rings. The van der Waals surface area contributed by atoms with Crippen molar-refractivity contribution in [2.45, 2.75) is 52.7 Å². The standard InChI is InChI=1S/C22H27FO3/c1-6-15-10-11-18(23)20-19(15)25-21(26-20)22(4,5)16-8-7-9-17(12-16)24-13-14(2)3/h7-12,14,21H,6,13H2,1-5H3. The van der Waals surface area contributed by atoms with Crippen LogP contribution in [-0.4, -0.2) is 12.9 Å². The van der Waals surface area contributed by atoms with Gasteiger partial charge in [0.2, 0.25) is 5.75 Å². The van der Waals surface area contributed by atoms with Crippen molar-refractivity contribution in [2.75, 3.05) is 6.61 Å². The lowest BCUT2D eigenvalue weighted by atomic mass is 9.84. The zero-order chi connectivity index (χ0) is 18.9. The third-order valence-corrected chi connectivity index (χ3v) is 4.73. The zero-order valence-corrected chi connectivity index (χ0v) is 16.1. The number of hydrogen-bond donors (Lipinski definition) is 0. The smallest absolute Gasteiger partial charge is 0.250 e. The fraction of sp³-hybridized carbons (Fsp3) is 0.455. The van der Waals surface area contributed by atoms with E-state index in [1.807, 2.05) is 45.0 Å². The molecule has 1 aliphatic rings. The van der Waals surface area contributed by atoms with Gasteiger partial charge in [-0.05, 0) is 55.5 Å². The Hall–Kier alpha value is -2.23. The van der Waals surface area contributed by atoms with Crippen LogP contribution in [0.4, 0.5) is 4.39 Å². The van der Waals surface area contributed by atoms with E-state index in [0.717, 1.165) is 23.3 Å². The van der Waals surface area contributed by atoms with Gasteiger partial charge in [0.25, 0.3) is 6.29 Å². The Morgan fingerprint density at radius 3 is 2.54 bits per heavy atom. The molecule has 1 unspecified atom stereocenters. The van der Waals surface area contributed by atoms with Gasteiger partial charge < -0.3 is 14.2 Å². The SMILES string of the molecule is CCc1ccc(F)c2c1OC(C(C)(C)c1cccc(OCC(C)C)c1)O2. The Morgan fingerprint density at radius 2 is 1.85 bits per heavy atom. The van der Waals surface area contributed by atoms with Crippen molar-refractivity contribution in [3.8, 4) is 17.2 Å². The minimum atomic E-state index is -0.597. The van der Waals surface area contributed by atoms with E-state index in [1.54, 1.807) is 6.07 Å². The highest BCUT2D eigenvalue weighted by atomic mass is 19.1. The molecule has 0 saturated carbocycles. The third-order valence-electron chi connectivity index (χ3n) is 4.73. The number of benzene rings is 2. The molecule has 0 aliphatic carbocycles. The van der Waals surface area contributed by atoms with Crippen LogP contribution in [0, 0.1) is 11.7 Å². The van der Waals surface area contributed by atoms with Crippen molar-refractivity contribution in [2.24, 2.45) is 5.92 Å². The van der Waals surface area contributed by atoms with Crippen LogP contribution < -0.4 is 14.2 Å². The fourth-order valence-electron chi connectivity index (χ4n) is 3.02. The Kier molecular flexibility index (Phi) is 5.12. The maximum Gasteiger partial charge on any atom is 0.250 e. The molecule has 4 heteroatoms. The summed E-state index contributed by atoms with van der Waals surface area (Å²) < 4.78 is 32.0. The number of ether oxygens (including phenoxy) is 3. The van der Waals surface area contributed by atoms with E-state index in [2.05, 4.69) is 13.8 Å². The minimum absolute atomic E-state index is 0.217. The number of fused-ring (bicyclic) bond motifs is 1. The molecule has 0 aromatic heterocycles. The molecule has 0 fully saturated rings. The molecule has 0 saturated heterocycles. The summed E-state index contributed by atoms with van der Waals surface area (Å²) in [6, 6.07) is 11.1. The molecular formula is C22H27FO3. The first-order valence-electron chi connectivity index (χ1n) is 9.21. The van der Waals surface area contributed by atoms with Crippen molar-refractivity contribution in [1.29, 1.82) is 0 Å². The van der Waals surface area contributed by atoms with Gasteiger partial charge in [-0.3, -0.25) is 0 Å². The average molecular weight is 358 g/mol. The molecule has 0 radical (unpaired) electrons. The molecule has 26 heavy (non-hydrogen) atoms. The highest BCUT2D eigenvalue weighted by Gasteiger charge is 2.42. The van der Waals surface area contributed by atoms with E-state index in [1.165, 1.54) is 6.07 Å².